The maximum atomic E-state index is 12.9. The second kappa shape index (κ2) is 9.22. The van der Waals surface area contributed by atoms with Crippen LogP contribution in [0.5, 0.6) is 5.75 Å². The highest BCUT2D eigenvalue weighted by atomic mass is 18.2. The highest BCUT2D eigenvalue weighted by Crippen LogP contribution is 2.31. The van der Waals surface area contributed by atoms with E-state index in [0.29, 0.717) is 22.6 Å². The van der Waals surface area contributed by atoms with Crippen LogP contribution in [0.2, 0.25) is 0 Å². The fraction of sp³-hybridized carbons (Fsp3) is 0.160. The van der Waals surface area contributed by atoms with E-state index in [0.717, 1.165) is 22.4 Å². The smallest absolute Gasteiger partial charge is 0.279 e. The highest BCUT2D eigenvalue weighted by molar-refractivity contribution is 5.80. The van der Waals surface area contributed by atoms with Crippen molar-refractivity contribution < 1.29 is 9.13 Å². The molecule has 0 saturated carbocycles. The average molecular weight is 455 g/mol. The monoisotopic (exact) mass is 455 g/mol. The maximum absolute atomic E-state index is 12.9. The van der Waals surface area contributed by atoms with Crippen LogP contribution in [0.4, 0.5) is 4.39 Å². The van der Waals surface area contributed by atoms with E-state index in [1.54, 1.807) is 42.5 Å². The Morgan fingerprint density at radius 3 is 2.56 bits per heavy atom. The summed E-state index contributed by atoms with van der Waals surface area (Å²) >= 11 is 0. The molecule has 0 aliphatic heterocycles. The molecule has 5 aromatic rings. The maximum Gasteiger partial charge on any atom is 0.279 e. The van der Waals surface area contributed by atoms with Gasteiger partial charge in [-0.2, -0.15) is 5.10 Å². The number of hydrogen-bond donors (Lipinski definition) is 0. The Kier molecular flexibility index (Phi) is 5.82. The minimum absolute atomic E-state index is 0.128. The zero-order chi connectivity index (χ0) is 23.5. The molecule has 0 bridgehead atoms. The van der Waals surface area contributed by atoms with Crippen LogP contribution in [-0.4, -0.2) is 36.0 Å². The summed E-state index contributed by atoms with van der Waals surface area (Å²) in [6, 6.07) is 14.8. The lowest BCUT2D eigenvalue weighted by Crippen LogP contribution is -2.24. The van der Waals surface area contributed by atoms with E-state index in [1.165, 1.54) is 4.57 Å². The molecule has 5 rings (SSSR count). The first-order chi connectivity index (χ1) is 16.6. The first-order valence-electron chi connectivity index (χ1n) is 10.7. The molecule has 8 nitrogen and oxygen atoms in total. The molecule has 0 amide bonds. The summed E-state index contributed by atoms with van der Waals surface area (Å²) < 4.78 is 21.9. The third kappa shape index (κ3) is 4.15. The molecule has 0 atom stereocenters. The van der Waals surface area contributed by atoms with Crippen molar-refractivity contribution in [2.45, 2.75) is 13.2 Å². The second-order valence-electron chi connectivity index (χ2n) is 7.66. The number of alkyl halides is 1. The lowest BCUT2D eigenvalue weighted by Gasteiger charge is -2.11. The predicted octanol–water partition coefficient (Wildman–Crippen LogP) is 3.80. The SMILES string of the molecule is Cn1c(COc2ccc(-c3nn(CC[18F])cc3-c3ccncc3)cc2)nc2cccnc2c1=O. The van der Waals surface area contributed by atoms with Gasteiger partial charge in [0.2, 0.25) is 0 Å². The summed E-state index contributed by atoms with van der Waals surface area (Å²) in [5, 5.41) is 4.58. The molecule has 34 heavy (non-hydrogen) atoms. The minimum Gasteiger partial charge on any atom is -0.486 e. The van der Waals surface area contributed by atoms with Gasteiger partial charge in [0.1, 0.15) is 30.5 Å². The Hall–Kier alpha value is -4.40. The van der Waals surface area contributed by atoms with Gasteiger partial charge in [-0.05, 0) is 54.1 Å². The second-order valence-corrected chi connectivity index (χ2v) is 7.66. The van der Waals surface area contributed by atoms with E-state index >= 15 is 0 Å². The average Bonchev–Trinajstić information content (AvgIpc) is 3.30. The van der Waals surface area contributed by atoms with Gasteiger partial charge in [-0.1, -0.05) is 0 Å². The Balaban J connectivity index is 1.39. The van der Waals surface area contributed by atoms with E-state index in [9.17, 15) is 9.18 Å². The zero-order valence-corrected chi connectivity index (χ0v) is 18.4. The molecule has 0 saturated heterocycles. The van der Waals surface area contributed by atoms with Gasteiger partial charge in [-0.15, -0.1) is 0 Å². The van der Waals surface area contributed by atoms with Crippen molar-refractivity contribution >= 4 is 11.0 Å². The lowest BCUT2D eigenvalue weighted by atomic mass is 10.0. The van der Waals surface area contributed by atoms with Gasteiger partial charge >= 0.3 is 0 Å². The number of hydrogen-bond acceptors (Lipinski definition) is 6. The topological polar surface area (TPSA) is 87.7 Å². The Morgan fingerprint density at radius 1 is 1.00 bits per heavy atom. The van der Waals surface area contributed by atoms with Crippen LogP contribution in [0.1, 0.15) is 5.82 Å². The molecule has 0 N–H and O–H groups in total. The Morgan fingerprint density at radius 2 is 1.79 bits per heavy atom. The van der Waals surface area contributed by atoms with Crippen molar-refractivity contribution in [1.82, 2.24) is 29.3 Å². The lowest BCUT2D eigenvalue weighted by molar-refractivity contribution is 0.290. The van der Waals surface area contributed by atoms with Crippen molar-refractivity contribution in [3.8, 4) is 28.1 Å². The molecule has 0 radical (unpaired) electrons. The number of pyridine rings is 2. The molecular weight excluding hydrogens is 434 g/mol. The number of fused-ring (bicyclic) bond motifs is 1. The summed E-state index contributed by atoms with van der Waals surface area (Å²) in [4.78, 5) is 25.2. The number of aromatic nitrogens is 6. The van der Waals surface area contributed by atoms with Gasteiger partial charge in [-0.3, -0.25) is 19.0 Å². The summed E-state index contributed by atoms with van der Waals surface area (Å²) in [7, 11) is 1.65. The fourth-order valence-electron chi connectivity index (χ4n) is 3.71. The third-order valence-electron chi connectivity index (χ3n) is 5.49. The number of nitrogens with zero attached hydrogens (tertiary/aromatic N) is 6. The van der Waals surface area contributed by atoms with Gasteiger partial charge < -0.3 is 4.74 Å². The number of benzene rings is 1. The molecule has 0 fully saturated rings. The van der Waals surface area contributed by atoms with E-state index in [-0.39, 0.29) is 18.7 Å². The largest absolute Gasteiger partial charge is 0.486 e. The highest BCUT2D eigenvalue weighted by Gasteiger charge is 2.14. The van der Waals surface area contributed by atoms with Crippen LogP contribution < -0.4 is 10.3 Å². The van der Waals surface area contributed by atoms with Crippen LogP contribution in [0.15, 0.2) is 78.1 Å². The number of halogens is 1. The van der Waals surface area contributed by atoms with E-state index in [2.05, 4.69) is 20.1 Å². The van der Waals surface area contributed by atoms with Crippen molar-refractivity contribution in [1.29, 1.82) is 0 Å². The Bertz CT molecular complexity index is 1500. The first kappa shape index (κ1) is 21.4. The van der Waals surface area contributed by atoms with Gasteiger partial charge in [-0.25, -0.2) is 14.4 Å². The van der Waals surface area contributed by atoms with Crippen molar-refractivity contribution in [2.24, 2.45) is 7.05 Å². The molecule has 0 unspecified atom stereocenters. The molecule has 0 aliphatic rings. The summed E-state index contributed by atoms with van der Waals surface area (Å²) in [6.07, 6.45) is 6.85. The summed E-state index contributed by atoms with van der Waals surface area (Å²) in [6.45, 7) is -0.180. The predicted molar refractivity (Wildman–Crippen MR) is 126 cm³/mol. The van der Waals surface area contributed by atoms with E-state index in [4.69, 9.17) is 4.74 Å². The van der Waals surface area contributed by atoms with Crippen LogP contribution in [-0.2, 0) is 20.2 Å². The van der Waals surface area contributed by atoms with Gasteiger partial charge in [0.25, 0.3) is 5.56 Å². The summed E-state index contributed by atoms with van der Waals surface area (Å²) in [5.74, 6) is 1.12. The van der Waals surface area contributed by atoms with Crippen molar-refractivity contribution in [2.75, 3.05) is 6.67 Å². The molecular formula is C25H21FN6O2. The van der Waals surface area contributed by atoms with Gasteiger partial charge in [0.15, 0.2) is 5.52 Å². The molecule has 1 aromatic carbocycles. The molecule has 4 aromatic heterocycles. The first-order valence-corrected chi connectivity index (χ1v) is 10.7. The van der Waals surface area contributed by atoms with Crippen LogP contribution in [0, 0.1) is 0 Å². The summed E-state index contributed by atoms with van der Waals surface area (Å²) in [5.41, 5.74) is 4.12. The molecule has 0 spiro atoms. The Labute approximate surface area is 194 Å². The van der Waals surface area contributed by atoms with Gasteiger partial charge in [0, 0.05) is 43.0 Å². The quantitative estimate of drug-likeness (QED) is 0.371. The molecule has 170 valence electrons. The normalized spacial score (nSPS) is 11.1. The van der Waals surface area contributed by atoms with Crippen molar-refractivity contribution in [3.05, 3.63) is 89.5 Å². The molecule has 4 heterocycles. The fourth-order valence-corrected chi connectivity index (χ4v) is 3.71. The molecule has 9 heteroatoms. The molecule has 0 aliphatic carbocycles. The van der Waals surface area contributed by atoms with E-state index in [1.807, 2.05) is 42.6 Å². The van der Waals surface area contributed by atoms with Crippen LogP contribution in [0.3, 0.4) is 0 Å². The minimum atomic E-state index is -0.495. The number of rotatable bonds is 7. The zero-order valence-electron chi connectivity index (χ0n) is 18.4. The number of ether oxygens (including phenoxy) is 1. The van der Waals surface area contributed by atoms with Crippen LogP contribution in [0.25, 0.3) is 33.4 Å². The van der Waals surface area contributed by atoms with Crippen LogP contribution >= 0.6 is 0 Å². The number of aryl methyl sites for hydroxylation is 1. The van der Waals surface area contributed by atoms with Crippen molar-refractivity contribution in [3.63, 3.8) is 0 Å². The van der Waals surface area contributed by atoms with E-state index < -0.39 is 6.67 Å². The van der Waals surface area contributed by atoms with Gasteiger partial charge in [0.05, 0.1) is 12.1 Å². The standard InChI is InChI=1S/C25H21FN6O2/c1-31-22(29-21-3-2-11-28-24(21)25(31)33)16-34-19-6-4-18(5-7-19)23-20(15-32(30-23)14-10-26)17-8-12-27-13-9-17/h2-9,11-13,15H,10,14,16H2,1H3/i26-1. The third-order valence-corrected chi connectivity index (χ3v) is 5.49.